The normalized spacial score (nSPS) is 12.7. The lowest BCUT2D eigenvalue weighted by atomic mass is 10.0. The molecule has 1 N–H and O–H groups in total. The van der Waals surface area contributed by atoms with Crippen molar-refractivity contribution in [1.29, 1.82) is 0 Å². The molecule has 0 aliphatic rings. The monoisotopic (exact) mass is 269 g/mol. The second-order valence-electron chi connectivity index (χ2n) is 4.32. The van der Waals surface area contributed by atoms with E-state index in [1.54, 1.807) is 25.0 Å². The minimum Gasteiger partial charge on any atom is -0.313 e. The van der Waals surface area contributed by atoms with E-state index in [4.69, 9.17) is 0 Å². The molecule has 1 atom stereocenters. The Hall–Kier alpha value is -1.82. The zero-order chi connectivity index (χ0) is 14.0. The summed E-state index contributed by atoms with van der Waals surface area (Å²) in [7, 11) is 3.46. The van der Waals surface area contributed by atoms with Crippen LogP contribution in [0.5, 0.6) is 0 Å². The van der Waals surface area contributed by atoms with Crippen molar-refractivity contribution in [3.8, 4) is 0 Å². The largest absolute Gasteiger partial charge is 0.313 e. The molecule has 0 bridgehead atoms. The fourth-order valence-corrected chi connectivity index (χ4v) is 1.94. The van der Waals surface area contributed by atoms with Crippen molar-refractivity contribution in [2.75, 3.05) is 7.05 Å². The topological polar surface area (TPSA) is 29.9 Å². The molecule has 1 unspecified atom stereocenters. The summed E-state index contributed by atoms with van der Waals surface area (Å²) in [5.74, 6) is -3.82. The van der Waals surface area contributed by atoms with Gasteiger partial charge in [0.25, 0.3) is 0 Å². The van der Waals surface area contributed by atoms with Crippen LogP contribution in [-0.4, -0.2) is 16.8 Å². The molecule has 0 aliphatic carbocycles. The van der Waals surface area contributed by atoms with Gasteiger partial charge in [-0.2, -0.15) is 5.10 Å². The van der Waals surface area contributed by atoms with Crippen LogP contribution < -0.4 is 5.32 Å². The summed E-state index contributed by atoms with van der Waals surface area (Å²) >= 11 is 0. The molecular formula is C13H14F3N3. The van der Waals surface area contributed by atoms with Crippen molar-refractivity contribution in [2.24, 2.45) is 7.05 Å². The average Bonchev–Trinajstić information content (AvgIpc) is 2.78. The van der Waals surface area contributed by atoms with E-state index in [-0.39, 0.29) is 6.04 Å². The SMILES string of the molecule is CNC(Cc1ccn(C)n1)c1cc(F)c(F)c(F)c1. The highest BCUT2D eigenvalue weighted by Gasteiger charge is 2.17. The van der Waals surface area contributed by atoms with E-state index in [9.17, 15) is 13.2 Å². The lowest BCUT2D eigenvalue weighted by molar-refractivity contribution is 0.440. The van der Waals surface area contributed by atoms with Crippen molar-refractivity contribution < 1.29 is 13.2 Å². The summed E-state index contributed by atoms with van der Waals surface area (Å²) in [5.41, 5.74) is 1.14. The Morgan fingerprint density at radius 1 is 1.26 bits per heavy atom. The maximum atomic E-state index is 13.2. The summed E-state index contributed by atoms with van der Waals surface area (Å²) in [5, 5.41) is 7.15. The van der Waals surface area contributed by atoms with E-state index in [1.807, 2.05) is 6.07 Å². The number of rotatable bonds is 4. The third-order valence-corrected chi connectivity index (χ3v) is 2.94. The minimum atomic E-state index is -1.45. The Labute approximate surface area is 109 Å². The van der Waals surface area contributed by atoms with E-state index in [0.29, 0.717) is 12.0 Å². The number of aromatic nitrogens is 2. The number of halogens is 3. The number of hydrogen-bond donors (Lipinski definition) is 1. The molecule has 0 saturated heterocycles. The van der Waals surface area contributed by atoms with Gasteiger partial charge in [0.05, 0.1) is 5.69 Å². The first kappa shape index (κ1) is 13.6. The Morgan fingerprint density at radius 3 is 2.37 bits per heavy atom. The van der Waals surface area contributed by atoms with Crippen LogP contribution in [0.2, 0.25) is 0 Å². The molecule has 2 aromatic rings. The van der Waals surface area contributed by atoms with E-state index in [2.05, 4.69) is 10.4 Å². The lowest BCUT2D eigenvalue weighted by Gasteiger charge is -2.16. The first-order chi connectivity index (χ1) is 9.01. The molecule has 0 aliphatic heterocycles. The molecule has 19 heavy (non-hydrogen) atoms. The predicted molar refractivity (Wildman–Crippen MR) is 65.0 cm³/mol. The van der Waals surface area contributed by atoms with Crippen LogP contribution in [0.1, 0.15) is 17.3 Å². The van der Waals surface area contributed by atoms with Crippen LogP contribution in [0.25, 0.3) is 0 Å². The highest BCUT2D eigenvalue weighted by Crippen LogP contribution is 2.21. The van der Waals surface area contributed by atoms with Crippen LogP contribution in [0.3, 0.4) is 0 Å². The summed E-state index contributed by atoms with van der Waals surface area (Å²) in [4.78, 5) is 0. The quantitative estimate of drug-likeness (QED) is 0.863. The van der Waals surface area contributed by atoms with E-state index in [1.165, 1.54) is 0 Å². The molecule has 0 saturated carbocycles. The third-order valence-electron chi connectivity index (χ3n) is 2.94. The predicted octanol–water partition coefficient (Wildman–Crippen LogP) is 2.34. The van der Waals surface area contributed by atoms with Gasteiger partial charge in [-0.3, -0.25) is 4.68 Å². The third kappa shape index (κ3) is 2.96. The second kappa shape index (κ2) is 5.44. The highest BCUT2D eigenvalue weighted by atomic mass is 19.2. The molecule has 0 amide bonds. The Bertz CT molecular complexity index is 557. The molecule has 6 heteroatoms. The van der Waals surface area contributed by atoms with Crippen molar-refractivity contribution >= 4 is 0 Å². The molecule has 2 rings (SSSR count). The molecule has 3 nitrogen and oxygen atoms in total. The van der Waals surface area contributed by atoms with Gasteiger partial charge in [0, 0.05) is 25.7 Å². The van der Waals surface area contributed by atoms with E-state index >= 15 is 0 Å². The van der Waals surface area contributed by atoms with Gasteiger partial charge in [-0.1, -0.05) is 0 Å². The van der Waals surface area contributed by atoms with Crippen molar-refractivity contribution in [1.82, 2.24) is 15.1 Å². The Balaban J connectivity index is 2.27. The molecule has 0 radical (unpaired) electrons. The van der Waals surface area contributed by atoms with Crippen LogP contribution in [0, 0.1) is 17.5 Å². The molecule has 1 heterocycles. The number of nitrogens with one attached hydrogen (secondary N) is 1. The summed E-state index contributed by atoms with van der Waals surface area (Å²) in [6, 6.07) is 3.49. The van der Waals surface area contributed by atoms with Gasteiger partial charge in [0.1, 0.15) is 0 Å². The van der Waals surface area contributed by atoms with E-state index in [0.717, 1.165) is 17.8 Å². The smallest absolute Gasteiger partial charge is 0.194 e. The fourth-order valence-electron chi connectivity index (χ4n) is 1.94. The molecule has 1 aromatic carbocycles. The van der Waals surface area contributed by atoms with Gasteiger partial charge in [0.2, 0.25) is 0 Å². The minimum absolute atomic E-state index is 0.334. The Kier molecular flexibility index (Phi) is 3.90. The second-order valence-corrected chi connectivity index (χ2v) is 4.32. The van der Waals surface area contributed by atoms with E-state index < -0.39 is 17.5 Å². The molecule has 0 spiro atoms. The average molecular weight is 269 g/mol. The number of nitrogens with zero attached hydrogens (tertiary/aromatic N) is 2. The number of likely N-dealkylation sites (N-methyl/N-ethyl adjacent to an activating group) is 1. The standard InChI is InChI=1S/C13H14F3N3/c1-17-12(7-9-3-4-19(2)18-9)8-5-10(14)13(16)11(15)6-8/h3-6,12,17H,7H2,1-2H3. The summed E-state index contributed by atoms with van der Waals surface area (Å²) in [6.07, 6.45) is 2.25. The van der Waals surface area contributed by atoms with Gasteiger partial charge < -0.3 is 5.32 Å². The number of benzene rings is 1. The Morgan fingerprint density at radius 2 is 1.89 bits per heavy atom. The van der Waals surface area contributed by atoms with Crippen molar-refractivity contribution in [3.63, 3.8) is 0 Å². The maximum Gasteiger partial charge on any atom is 0.194 e. The zero-order valence-corrected chi connectivity index (χ0v) is 10.6. The summed E-state index contributed by atoms with van der Waals surface area (Å²) < 4.78 is 41.0. The summed E-state index contributed by atoms with van der Waals surface area (Å²) in [6.45, 7) is 0. The number of hydrogen-bond acceptors (Lipinski definition) is 2. The first-order valence-corrected chi connectivity index (χ1v) is 5.81. The van der Waals surface area contributed by atoms with Crippen LogP contribution in [0.4, 0.5) is 13.2 Å². The zero-order valence-electron chi connectivity index (χ0n) is 10.6. The lowest BCUT2D eigenvalue weighted by Crippen LogP contribution is -2.20. The van der Waals surface area contributed by atoms with Crippen molar-refractivity contribution in [2.45, 2.75) is 12.5 Å². The highest BCUT2D eigenvalue weighted by molar-refractivity contribution is 5.24. The number of aryl methyl sites for hydroxylation is 1. The van der Waals surface area contributed by atoms with Gasteiger partial charge in [-0.15, -0.1) is 0 Å². The van der Waals surface area contributed by atoms with Crippen LogP contribution in [0.15, 0.2) is 24.4 Å². The van der Waals surface area contributed by atoms with Gasteiger partial charge in [-0.05, 0) is 30.8 Å². The van der Waals surface area contributed by atoms with Gasteiger partial charge in [0.15, 0.2) is 17.5 Å². The first-order valence-electron chi connectivity index (χ1n) is 5.81. The van der Waals surface area contributed by atoms with Gasteiger partial charge >= 0.3 is 0 Å². The molecule has 102 valence electrons. The van der Waals surface area contributed by atoms with Crippen LogP contribution >= 0.6 is 0 Å². The fraction of sp³-hybridized carbons (Fsp3) is 0.308. The molecular weight excluding hydrogens is 255 g/mol. The van der Waals surface area contributed by atoms with Crippen molar-refractivity contribution in [3.05, 3.63) is 53.1 Å². The van der Waals surface area contributed by atoms with Gasteiger partial charge in [-0.25, -0.2) is 13.2 Å². The molecule has 0 fully saturated rings. The molecule has 1 aromatic heterocycles. The van der Waals surface area contributed by atoms with Crippen LogP contribution in [-0.2, 0) is 13.5 Å². The maximum absolute atomic E-state index is 13.2.